The van der Waals surface area contributed by atoms with Crippen molar-refractivity contribution < 1.29 is 10.2 Å². The Morgan fingerprint density at radius 2 is 1.17 bits per heavy atom. The molecule has 0 bridgehead atoms. The third-order valence-electron chi connectivity index (χ3n) is 0.718. The molecule has 0 aromatic rings. The standard InChI is InChI=1S/2C5H8O/c2*1-5(2)3-4-6/h2*3-4,6H,1H2,2H3/b2*4-3+. The molecule has 2 N–H and O–H groups in total. The van der Waals surface area contributed by atoms with Crippen LogP contribution in [0, 0.1) is 0 Å². The van der Waals surface area contributed by atoms with Crippen LogP contribution in [0.25, 0.3) is 0 Å². The maximum absolute atomic E-state index is 8.00. The number of hydrogen-bond donors (Lipinski definition) is 2. The van der Waals surface area contributed by atoms with E-state index in [1.807, 2.05) is 13.8 Å². The second-order valence-corrected chi connectivity index (χ2v) is 2.32. The average molecular weight is 168 g/mol. The molecular formula is C10H16O2. The van der Waals surface area contributed by atoms with Crippen LogP contribution in [-0.4, -0.2) is 10.2 Å². The molecule has 0 amide bonds. The molecule has 0 aliphatic heterocycles. The lowest BCUT2D eigenvalue weighted by Crippen LogP contribution is -1.56. The van der Waals surface area contributed by atoms with E-state index in [9.17, 15) is 0 Å². The van der Waals surface area contributed by atoms with Crippen LogP contribution in [-0.2, 0) is 0 Å². The van der Waals surface area contributed by atoms with Gasteiger partial charge in [0.2, 0.25) is 0 Å². The Morgan fingerprint density at radius 1 is 0.917 bits per heavy atom. The van der Waals surface area contributed by atoms with Crippen LogP contribution < -0.4 is 0 Å². The van der Waals surface area contributed by atoms with Crippen molar-refractivity contribution in [1.29, 1.82) is 0 Å². The van der Waals surface area contributed by atoms with Crippen molar-refractivity contribution in [3.63, 3.8) is 0 Å². The summed E-state index contributed by atoms with van der Waals surface area (Å²) in [5.41, 5.74) is 1.72. The van der Waals surface area contributed by atoms with Crippen LogP contribution in [0.3, 0.4) is 0 Å². The lowest BCUT2D eigenvalue weighted by atomic mass is 10.4. The third kappa shape index (κ3) is 23.5. The largest absolute Gasteiger partial charge is 0.516 e. The van der Waals surface area contributed by atoms with Gasteiger partial charge in [0.1, 0.15) is 0 Å². The van der Waals surface area contributed by atoms with E-state index in [1.165, 1.54) is 12.2 Å². The van der Waals surface area contributed by atoms with Gasteiger partial charge in [0, 0.05) is 0 Å². The molecule has 0 spiro atoms. The van der Waals surface area contributed by atoms with Gasteiger partial charge in [-0.2, -0.15) is 0 Å². The molecule has 0 saturated heterocycles. The Labute approximate surface area is 73.9 Å². The summed E-state index contributed by atoms with van der Waals surface area (Å²) in [5, 5.41) is 16.0. The molecule has 12 heavy (non-hydrogen) atoms. The van der Waals surface area contributed by atoms with Crippen molar-refractivity contribution in [3.05, 3.63) is 49.0 Å². The van der Waals surface area contributed by atoms with E-state index in [0.717, 1.165) is 23.7 Å². The van der Waals surface area contributed by atoms with Crippen molar-refractivity contribution in [3.8, 4) is 0 Å². The number of aliphatic hydroxyl groups is 2. The molecular weight excluding hydrogens is 152 g/mol. The molecule has 0 fully saturated rings. The predicted molar refractivity (Wildman–Crippen MR) is 53.2 cm³/mol. The van der Waals surface area contributed by atoms with E-state index >= 15 is 0 Å². The minimum absolute atomic E-state index is 0.859. The Balaban J connectivity index is 0. The highest BCUT2D eigenvalue weighted by atomic mass is 16.2. The second kappa shape index (κ2) is 9.56. The lowest BCUT2D eigenvalue weighted by Gasteiger charge is -1.75. The number of hydrogen-bond acceptors (Lipinski definition) is 2. The van der Waals surface area contributed by atoms with Gasteiger partial charge < -0.3 is 10.2 Å². The van der Waals surface area contributed by atoms with Crippen molar-refractivity contribution in [2.45, 2.75) is 13.8 Å². The maximum atomic E-state index is 8.00. The zero-order chi connectivity index (χ0) is 9.98. The van der Waals surface area contributed by atoms with Gasteiger partial charge in [-0.1, -0.05) is 24.3 Å². The fourth-order valence-corrected chi connectivity index (χ4v) is 0.254. The van der Waals surface area contributed by atoms with E-state index in [1.54, 1.807) is 0 Å². The van der Waals surface area contributed by atoms with Crippen LogP contribution in [0.4, 0.5) is 0 Å². The molecule has 0 aromatic heterocycles. The monoisotopic (exact) mass is 168 g/mol. The first kappa shape index (κ1) is 13.2. The van der Waals surface area contributed by atoms with Gasteiger partial charge in [-0.15, -0.1) is 0 Å². The first-order valence-corrected chi connectivity index (χ1v) is 3.47. The summed E-state index contributed by atoms with van der Waals surface area (Å²) < 4.78 is 0. The molecule has 2 nitrogen and oxygen atoms in total. The average Bonchev–Trinajstić information content (AvgIpc) is 1.87. The highest BCUT2D eigenvalue weighted by molar-refractivity contribution is 5.08. The van der Waals surface area contributed by atoms with E-state index in [4.69, 9.17) is 10.2 Å². The molecule has 0 heterocycles. The molecule has 0 atom stereocenters. The van der Waals surface area contributed by atoms with Crippen LogP contribution in [0.5, 0.6) is 0 Å². The molecule has 0 unspecified atom stereocenters. The molecule has 0 saturated carbocycles. The predicted octanol–water partition coefficient (Wildman–Crippen LogP) is 3.27. The fourth-order valence-electron chi connectivity index (χ4n) is 0.254. The quantitative estimate of drug-likeness (QED) is 0.490. The summed E-state index contributed by atoms with van der Waals surface area (Å²) in [5.74, 6) is 0. The smallest absolute Gasteiger partial charge is 0.0794 e. The molecule has 0 rings (SSSR count). The second-order valence-electron chi connectivity index (χ2n) is 2.32. The Kier molecular flexibility index (Phi) is 10.5. The Hall–Kier alpha value is -1.44. The molecule has 0 radical (unpaired) electrons. The molecule has 68 valence electrons. The summed E-state index contributed by atoms with van der Waals surface area (Å²) in [6.45, 7) is 10.6. The lowest BCUT2D eigenvalue weighted by molar-refractivity contribution is 0.473. The van der Waals surface area contributed by atoms with E-state index in [2.05, 4.69) is 13.2 Å². The van der Waals surface area contributed by atoms with Gasteiger partial charge in [0.15, 0.2) is 0 Å². The third-order valence-corrected chi connectivity index (χ3v) is 0.718. The van der Waals surface area contributed by atoms with Crippen LogP contribution in [0.1, 0.15) is 13.8 Å². The van der Waals surface area contributed by atoms with Crippen molar-refractivity contribution >= 4 is 0 Å². The number of allylic oxidation sites excluding steroid dienone is 4. The zero-order valence-electron chi connectivity index (χ0n) is 7.62. The van der Waals surface area contributed by atoms with Crippen LogP contribution >= 0.6 is 0 Å². The van der Waals surface area contributed by atoms with Crippen LogP contribution in [0.15, 0.2) is 49.0 Å². The topological polar surface area (TPSA) is 40.5 Å². The van der Waals surface area contributed by atoms with Crippen LogP contribution in [0.2, 0.25) is 0 Å². The van der Waals surface area contributed by atoms with Gasteiger partial charge in [0.05, 0.1) is 12.5 Å². The first-order valence-electron chi connectivity index (χ1n) is 3.47. The van der Waals surface area contributed by atoms with E-state index in [-0.39, 0.29) is 0 Å². The highest BCUT2D eigenvalue weighted by Gasteiger charge is 1.65. The van der Waals surface area contributed by atoms with Crippen molar-refractivity contribution in [1.82, 2.24) is 0 Å². The maximum Gasteiger partial charge on any atom is 0.0794 e. The summed E-state index contributed by atoms with van der Waals surface area (Å²) >= 11 is 0. The summed E-state index contributed by atoms with van der Waals surface area (Å²) in [4.78, 5) is 0. The van der Waals surface area contributed by atoms with Gasteiger partial charge in [0.25, 0.3) is 0 Å². The Morgan fingerprint density at radius 3 is 1.17 bits per heavy atom. The van der Waals surface area contributed by atoms with E-state index in [0.29, 0.717) is 0 Å². The van der Waals surface area contributed by atoms with Gasteiger partial charge in [-0.05, 0) is 26.0 Å². The van der Waals surface area contributed by atoms with Crippen molar-refractivity contribution in [2.75, 3.05) is 0 Å². The van der Waals surface area contributed by atoms with Crippen molar-refractivity contribution in [2.24, 2.45) is 0 Å². The summed E-state index contributed by atoms with van der Waals surface area (Å²) in [6.07, 6.45) is 5.00. The summed E-state index contributed by atoms with van der Waals surface area (Å²) in [6, 6.07) is 0. The molecule has 2 heteroatoms. The summed E-state index contributed by atoms with van der Waals surface area (Å²) in [7, 11) is 0. The minimum atomic E-state index is 0.859. The van der Waals surface area contributed by atoms with Gasteiger partial charge >= 0.3 is 0 Å². The molecule has 0 aliphatic rings. The highest BCUT2D eigenvalue weighted by Crippen LogP contribution is 1.84. The Bertz CT molecular complexity index is 166. The van der Waals surface area contributed by atoms with E-state index < -0.39 is 0 Å². The fraction of sp³-hybridized carbons (Fsp3) is 0.200. The molecule has 0 aliphatic carbocycles. The molecule has 0 aromatic carbocycles. The van der Waals surface area contributed by atoms with Gasteiger partial charge in [-0.25, -0.2) is 0 Å². The van der Waals surface area contributed by atoms with Gasteiger partial charge in [-0.3, -0.25) is 0 Å². The zero-order valence-corrected chi connectivity index (χ0v) is 7.62. The number of aliphatic hydroxyl groups excluding tert-OH is 2. The SMILES string of the molecule is C=C(C)/C=C/O.C=C(C)/C=C/O. The minimum Gasteiger partial charge on any atom is -0.516 e. The number of rotatable bonds is 2. The normalized spacial score (nSPS) is 9.50. The first-order chi connectivity index (χ1) is 5.54.